The maximum Gasteiger partial charge on any atom is 0.0991 e. The van der Waals surface area contributed by atoms with Crippen LogP contribution in [-0.4, -0.2) is 11.7 Å². The number of hydrogen-bond donors (Lipinski definition) is 1. The second-order valence-electron chi connectivity index (χ2n) is 2.75. The summed E-state index contributed by atoms with van der Waals surface area (Å²) in [5.74, 6) is 0. The van der Waals surface area contributed by atoms with Crippen LogP contribution < -0.4 is 0 Å². The lowest BCUT2D eigenvalue weighted by Crippen LogP contribution is -2.01. The van der Waals surface area contributed by atoms with E-state index in [0.29, 0.717) is 15.6 Å². The maximum absolute atomic E-state index is 9.03. The number of aliphatic hydroxyl groups excluding tert-OH is 1. The van der Waals surface area contributed by atoms with Gasteiger partial charge in [-0.25, -0.2) is 0 Å². The summed E-state index contributed by atoms with van der Waals surface area (Å²) in [5.41, 5.74) is 9.38. The Hall–Kier alpha value is -1.54. The van der Waals surface area contributed by atoms with Crippen LogP contribution in [0.1, 0.15) is 17.2 Å². The summed E-state index contributed by atoms with van der Waals surface area (Å²) >= 11 is 3.27. The predicted molar refractivity (Wildman–Crippen MR) is 57.8 cm³/mol. The Morgan fingerprint density at radius 2 is 2.40 bits per heavy atom. The first-order valence-corrected chi connectivity index (χ1v) is 4.86. The summed E-state index contributed by atoms with van der Waals surface area (Å²) < 4.78 is 0.702. The lowest BCUT2D eigenvalue weighted by Gasteiger charge is -2.10. The zero-order chi connectivity index (χ0) is 11.3. The van der Waals surface area contributed by atoms with E-state index in [0.717, 1.165) is 0 Å². The fourth-order valence-electron chi connectivity index (χ4n) is 1.13. The van der Waals surface area contributed by atoms with Gasteiger partial charge in [0.05, 0.1) is 24.3 Å². The number of nitrogens with zero attached hydrogens (tertiary/aromatic N) is 4. The summed E-state index contributed by atoms with van der Waals surface area (Å²) in [6.45, 7) is -0.294. The quantitative estimate of drug-likeness (QED) is 0.517. The molecule has 0 amide bonds. The van der Waals surface area contributed by atoms with Gasteiger partial charge in [-0.3, -0.25) is 0 Å². The minimum Gasteiger partial charge on any atom is -0.396 e. The Labute approximate surface area is 94.7 Å². The fourth-order valence-corrected chi connectivity index (χ4v) is 1.64. The Balaban J connectivity index is 3.22. The van der Waals surface area contributed by atoms with Crippen molar-refractivity contribution in [2.45, 2.75) is 6.04 Å². The van der Waals surface area contributed by atoms with Gasteiger partial charge in [0.25, 0.3) is 0 Å². The van der Waals surface area contributed by atoms with E-state index in [-0.39, 0.29) is 6.61 Å². The Morgan fingerprint density at radius 3 is 2.93 bits per heavy atom. The highest BCUT2D eigenvalue weighted by Gasteiger charge is 2.12. The first-order valence-electron chi connectivity index (χ1n) is 4.07. The van der Waals surface area contributed by atoms with Crippen LogP contribution in [0.5, 0.6) is 0 Å². The fraction of sp³-hybridized carbons (Fsp3) is 0.222. The van der Waals surface area contributed by atoms with Crippen molar-refractivity contribution in [3.05, 3.63) is 44.2 Å². The first-order chi connectivity index (χ1) is 7.22. The molecule has 0 aliphatic heterocycles. The number of nitriles is 1. The number of hydrogen-bond acceptors (Lipinski definition) is 3. The molecule has 76 valence electrons. The molecule has 0 aliphatic carbocycles. The predicted octanol–water partition coefficient (Wildman–Crippen LogP) is 2.66. The summed E-state index contributed by atoms with van der Waals surface area (Å²) in [5, 5.41) is 21.2. The molecule has 1 aromatic rings. The van der Waals surface area contributed by atoms with E-state index in [4.69, 9.17) is 15.9 Å². The lowest BCUT2D eigenvalue weighted by molar-refractivity contribution is 0.267. The van der Waals surface area contributed by atoms with Gasteiger partial charge in [0.2, 0.25) is 0 Å². The average Bonchev–Trinajstić information content (AvgIpc) is 2.27. The molecule has 6 heteroatoms. The van der Waals surface area contributed by atoms with Crippen molar-refractivity contribution in [3.63, 3.8) is 0 Å². The van der Waals surface area contributed by atoms with E-state index in [1.165, 1.54) is 0 Å². The third-order valence-electron chi connectivity index (χ3n) is 1.85. The van der Waals surface area contributed by atoms with E-state index in [1.54, 1.807) is 18.2 Å². The van der Waals surface area contributed by atoms with Gasteiger partial charge in [0.15, 0.2) is 0 Å². The molecule has 5 nitrogen and oxygen atoms in total. The summed E-state index contributed by atoms with van der Waals surface area (Å²) in [4.78, 5) is 2.64. The molecule has 1 N–H and O–H groups in total. The van der Waals surface area contributed by atoms with E-state index >= 15 is 0 Å². The number of aliphatic hydroxyl groups is 1. The third kappa shape index (κ3) is 2.70. The second-order valence-corrected chi connectivity index (χ2v) is 3.61. The van der Waals surface area contributed by atoms with E-state index in [1.807, 2.05) is 6.07 Å². The Kier molecular flexibility index (Phi) is 4.13. The minimum absolute atomic E-state index is 0.294. The third-order valence-corrected chi connectivity index (χ3v) is 2.57. The van der Waals surface area contributed by atoms with Gasteiger partial charge in [0.1, 0.15) is 0 Å². The van der Waals surface area contributed by atoms with Gasteiger partial charge in [-0.15, -0.1) is 0 Å². The largest absolute Gasteiger partial charge is 0.396 e. The van der Waals surface area contributed by atoms with Crippen LogP contribution in [0.25, 0.3) is 10.4 Å². The van der Waals surface area contributed by atoms with Crippen molar-refractivity contribution in [2.24, 2.45) is 5.11 Å². The van der Waals surface area contributed by atoms with Crippen LogP contribution >= 0.6 is 15.9 Å². The summed E-state index contributed by atoms with van der Waals surface area (Å²) in [7, 11) is 0. The van der Waals surface area contributed by atoms with E-state index in [2.05, 4.69) is 26.0 Å². The van der Waals surface area contributed by atoms with Crippen molar-refractivity contribution in [1.82, 2.24) is 0 Å². The number of halogens is 1. The van der Waals surface area contributed by atoms with Gasteiger partial charge in [-0.2, -0.15) is 5.26 Å². The van der Waals surface area contributed by atoms with Crippen molar-refractivity contribution >= 4 is 15.9 Å². The monoisotopic (exact) mass is 266 g/mol. The van der Waals surface area contributed by atoms with Gasteiger partial charge in [-0.1, -0.05) is 21.0 Å². The van der Waals surface area contributed by atoms with Crippen LogP contribution in [0, 0.1) is 11.3 Å². The van der Waals surface area contributed by atoms with Crippen LogP contribution in [0.4, 0.5) is 0 Å². The zero-order valence-corrected chi connectivity index (χ0v) is 9.22. The van der Waals surface area contributed by atoms with Crippen molar-refractivity contribution < 1.29 is 5.11 Å². The molecule has 15 heavy (non-hydrogen) atoms. The molecule has 0 aliphatic rings. The standard InChI is InChI=1S/C9H7BrN4O/c10-8-2-1-6(4-11)3-7(8)9(5-15)13-14-12/h1-3,9,15H,5H2. The van der Waals surface area contributed by atoms with Gasteiger partial charge < -0.3 is 5.11 Å². The molecule has 0 aromatic heterocycles. The number of azide groups is 1. The highest BCUT2D eigenvalue weighted by Crippen LogP contribution is 2.26. The topological polar surface area (TPSA) is 92.8 Å². The molecule has 0 saturated carbocycles. The summed E-state index contributed by atoms with van der Waals surface area (Å²) in [6.07, 6.45) is 0. The van der Waals surface area contributed by atoms with Gasteiger partial charge in [-0.05, 0) is 29.3 Å². The molecule has 1 rings (SSSR count). The molecule has 1 atom stereocenters. The van der Waals surface area contributed by atoms with E-state index < -0.39 is 6.04 Å². The van der Waals surface area contributed by atoms with Crippen molar-refractivity contribution in [2.75, 3.05) is 6.61 Å². The lowest BCUT2D eigenvalue weighted by atomic mass is 10.1. The average molecular weight is 267 g/mol. The molecule has 0 heterocycles. The molecular weight excluding hydrogens is 260 g/mol. The van der Waals surface area contributed by atoms with Crippen LogP contribution in [0.2, 0.25) is 0 Å². The van der Waals surface area contributed by atoms with Crippen LogP contribution in [0.15, 0.2) is 27.8 Å². The Bertz CT molecular complexity index is 448. The minimum atomic E-state index is -0.669. The number of benzene rings is 1. The summed E-state index contributed by atoms with van der Waals surface area (Å²) in [6, 6.07) is 6.21. The first kappa shape index (κ1) is 11.5. The second kappa shape index (κ2) is 5.37. The van der Waals surface area contributed by atoms with Gasteiger partial charge in [0, 0.05) is 9.38 Å². The molecule has 1 unspecified atom stereocenters. The highest BCUT2D eigenvalue weighted by atomic mass is 79.9. The SMILES string of the molecule is N#Cc1ccc(Br)c(C(CO)N=[N+]=[N-])c1. The van der Waals surface area contributed by atoms with E-state index in [9.17, 15) is 0 Å². The normalized spacial score (nSPS) is 11.3. The molecule has 0 fully saturated rings. The maximum atomic E-state index is 9.03. The Morgan fingerprint density at radius 1 is 1.67 bits per heavy atom. The molecule has 0 bridgehead atoms. The number of rotatable bonds is 3. The van der Waals surface area contributed by atoms with Crippen molar-refractivity contribution in [3.8, 4) is 6.07 Å². The molecule has 0 radical (unpaired) electrons. The van der Waals surface area contributed by atoms with Gasteiger partial charge >= 0.3 is 0 Å². The molecular formula is C9H7BrN4O. The van der Waals surface area contributed by atoms with Crippen molar-refractivity contribution in [1.29, 1.82) is 5.26 Å². The van der Waals surface area contributed by atoms with Crippen LogP contribution in [0.3, 0.4) is 0 Å². The molecule has 0 spiro atoms. The highest BCUT2D eigenvalue weighted by molar-refractivity contribution is 9.10. The van der Waals surface area contributed by atoms with Crippen LogP contribution in [-0.2, 0) is 0 Å². The molecule has 1 aromatic carbocycles. The smallest absolute Gasteiger partial charge is 0.0991 e. The zero-order valence-electron chi connectivity index (χ0n) is 7.63. The molecule has 0 saturated heterocycles.